The van der Waals surface area contributed by atoms with Gasteiger partial charge in [0, 0.05) is 40.0 Å². The van der Waals surface area contributed by atoms with E-state index in [0.29, 0.717) is 11.5 Å². The van der Waals surface area contributed by atoms with Crippen LogP contribution in [0.4, 0.5) is 0 Å². The van der Waals surface area contributed by atoms with E-state index in [4.69, 9.17) is 19.4 Å². The molecule has 0 bridgehead atoms. The Kier molecular flexibility index (Phi) is 6.05. The maximum absolute atomic E-state index is 6.24. The third kappa shape index (κ3) is 4.53. The van der Waals surface area contributed by atoms with E-state index in [1.807, 2.05) is 66.7 Å². The van der Waals surface area contributed by atoms with Crippen molar-refractivity contribution in [3.8, 4) is 56.3 Å². The molecule has 5 nitrogen and oxygen atoms in total. The Morgan fingerprint density at radius 2 is 0.953 bits per heavy atom. The molecule has 0 unspecified atom stereocenters. The standard InChI is InChI=1S/C38H24N4O/c1-3-11-25(12-4-1)34-33-31-19-7-8-20-32(31)43-38(33)42-37(41-34)30-18-10-16-28(24-30)27-15-9-17-29(23-27)36-35(39-21-22-40-36)26-13-5-2-6-14-26/h1-24H. The molecule has 5 heteroatoms. The highest BCUT2D eigenvalue weighted by molar-refractivity contribution is 6.10. The van der Waals surface area contributed by atoms with Gasteiger partial charge in [0.1, 0.15) is 5.58 Å². The van der Waals surface area contributed by atoms with Gasteiger partial charge in [0.15, 0.2) is 5.82 Å². The quantitative estimate of drug-likeness (QED) is 0.213. The first-order valence-corrected chi connectivity index (χ1v) is 14.1. The first-order chi connectivity index (χ1) is 21.3. The molecule has 0 saturated heterocycles. The highest BCUT2D eigenvalue weighted by Crippen LogP contribution is 2.37. The Labute approximate surface area is 248 Å². The van der Waals surface area contributed by atoms with Gasteiger partial charge in [0.25, 0.3) is 0 Å². The van der Waals surface area contributed by atoms with Crippen molar-refractivity contribution >= 4 is 22.1 Å². The molecule has 3 aromatic heterocycles. The van der Waals surface area contributed by atoms with Crippen LogP contribution in [-0.2, 0) is 0 Å². The van der Waals surface area contributed by atoms with Crippen molar-refractivity contribution < 1.29 is 4.42 Å². The van der Waals surface area contributed by atoms with Gasteiger partial charge < -0.3 is 4.42 Å². The first kappa shape index (κ1) is 24.8. The molecule has 0 aliphatic carbocycles. The minimum absolute atomic E-state index is 0.577. The monoisotopic (exact) mass is 552 g/mol. The van der Waals surface area contributed by atoms with E-state index in [9.17, 15) is 0 Å². The molecular weight excluding hydrogens is 528 g/mol. The predicted molar refractivity (Wildman–Crippen MR) is 172 cm³/mol. The van der Waals surface area contributed by atoms with Crippen molar-refractivity contribution in [2.24, 2.45) is 0 Å². The van der Waals surface area contributed by atoms with Gasteiger partial charge in [-0.2, -0.15) is 4.98 Å². The molecule has 0 atom stereocenters. The highest BCUT2D eigenvalue weighted by atomic mass is 16.3. The summed E-state index contributed by atoms with van der Waals surface area (Å²) in [6.07, 6.45) is 3.48. The van der Waals surface area contributed by atoms with Crippen LogP contribution in [-0.4, -0.2) is 19.9 Å². The van der Waals surface area contributed by atoms with Gasteiger partial charge in [-0.05, 0) is 29.3 Å². The van der Waals surface area contributed by atoms with Crippen LogP contribution >= 0.6 is 0 Å². The summed E-state index contributed by atoms with van der Waals surface area (Å²) < 4.78 is 6.24. The zero-order chi connectivity index (χ0) is 28.6. The summed E-state index contributed by atoms with van der Waals surface area (Å²) in [7, 11) is 0. The van der Waals surface area contributed by atoms with Gasteiger partial charge in [0.2, 0.25) is 5.71 Å². The molecule has 0 saturated carbocycles. The zero-order valence-electron chi connectivity index (χ0n) is 23.1. The van der Waals surface area contributed by atoms with Crippen LogP contribution in [0.2, 0.25) is 0 Å². The number of nitrogens with zero attached hydrogens (tertiary/aromatic N) is 4. The Morgan fingerprint density at radius 3 is 1.67 bits per heavy atom. The van der Waals surface area contributed by atoms with Crippen molar-refractivity contribution in [3.05, 3.63) is 146 Å². The van der Waals surface area contributed by atoms with Crippen LogP contribution in [0.1, 0.15) is 0 Å². The lowest BCUT2D eigenvalue weighted by molar-refractivity contribution is 0.653. The van der Waals surface area contributed by atoms with Gasteiger partial charge in [-0.1, -0.05) is 115 Å². The van der Waals surface area contributed by atoms with Crippen molar-refractivity contribution in [1.29, 1.82) is 0 Å². The van der Waals surface area contributed by atoms with Crippen LogP contribution in [0.15, 0.2) is 150 Å². The van der Waals surface area contributed by atoms with Crippen LogP contribution < -0.4 is 0 Å². The summed E-state index contributed by atoms with van der Waals surface area (Å²) >= 11 is 0. The molecule has 43 heavy (non-hydrogen) atoms. The molecule has 0 amide bonds. The summed E-state index contributed by atoms with van der Waals surface area (Å²) in [6.45, 7) is 0. The fraction of sp³-hybridized carbons (Fsp3) is 0. The fourth-order valence-corrected chi connectivity index (χ4v) is 5.60. The second-order valence-electron chi connectivity index (χ2n) is 10.3. The normalized spacial score (nSPS) is 11.3. The number of hydrogen-bond donors (Lipinski definition) is 0. The van der Waals surface area contributed by atoms with E-state index in [1.165, 1.54) is 0 Å². The average Bonchev–Trinajstić information content (AvgIpc) is 3.47. The Bertz CT molecular complexity index is 2240. The number of fused-ring (bicyclic) bond motifs is 3. The minimum atomic E-state index is 0.577. The molecule has 0 aliphatic rings. The second-order valence-corrected chi connectivity index (χ2v) is 10.3. The average molecular weight is 553 g/mol. The number of benzene rings is 5. The Balaban J connectivity index is 1.24. The summed E-state index contributed by atoms with van der Waals surface area (Å²) in [5, 5.41) is 1.93. The van der Waals surface area contributed by atoms with Gasteiger partial charge in [0.05, 0.1) is 22.5 Å². The molecule has 0 spiro atoms. The molecule has 0 fully saturated rings. The van der Waals surface area contributed by atoms with E-state index in [-0.39, 0.29) is 0 Å². The van der Waals surface area contributed by atoms with Crippen molar-refractivity contribution in [2.45, 2.75) is 0 Å². The highest BCUT2D eigenvalue weighted by Gasteiger charge is 2.18. The first-order valence-electron chi connectivity index (χ1n) is 14.1. The molecule has 0 N–H and O–H groups in total. The number of para-hydroxylation sites is 1. The molecule has 8 rings (SSSR count). The SMILES string of the molecule is c1ccc(-c2nccnc2-c2cccc(-c3cccc(-c4nc(-c5ccccc5)c5c(n4)oc4ccccc45)c3)c2)cc1. The molecule has 3 heterocycles. The van der Waals surface area contributed by atoms with E-state index in [1.54, 1.807) is 12.4 Å². The van der Waals surface area contributed by atoms with E-state index in [0.717, 1.165) is 66.8 Å². The summed E-state index contributed by atoms with van der Waals surface area (Å²) in [5.41, 5.74) is 10.0. The maximum Gasteiger partial charge on any atom is 0.231 e. The molecule has 5 aromatic carbocycles. The van der Waals surface area contributed by atoms with E-state index < -0.39 is 0 Å². The van der Waals surface area contributed by atoms with Crippen molar-refractivity contribution in [3.63, 3.8) is 0 Å². The van der Waals surface area contributed by atoms with Crippen LogP contribution in [0.25, 0.3) is 78.4 Å². The Morgan fingerprint density at radius 1 is 0.419 bits per heavy atom. The lowest BCUT2D eigenvalue weighted by Gasteiger charge is -2.11. The van der Waals surface area contributed by atoms with Crippen LogP contribution in [0.3, 0.4) is 0 Å². The molecule has 0 radical (unpaired) electrons. The largest absolute Gasteiger partial charge is 0.438 e. The maximum atomic E-state index is 6.24. The van der Waals surface area contributed by atoms with Crippen molar-refractivity contribution in [2.75, 3.05) is 0 Å². The zero-order valence-corrected chi connectivity index (χ0v) is 23.1. The van der Waals surface area contributed by atoms with E-state index in [2.05, 4.69) is 71.7 Å². The smallest absolute Gasteiger partial charge is 0.231 e. The van der Waals surface area contributed by atoms with Crippen LogP contribution in [0.5, 0.6) is 0 Å². The third-order valence-corrected chi connectivity index (χ3v) is 7.62. The summed E-state index contributed by atoms with van der Waals surface area (Å²) in [4.78, 5) is 19.4. The topological polar surface area (TPSA) is 64.7 Å². The van der Waals surface area contributed by atoms with E-state index >= 15 is 0 Å². The Hall–Kier alpha value is -5.94. The lowest BCUT2D eigenvalue weighted by Crippen LogP contribution is -1.94. The molecule has 202 valence electrons. The predicted octanol–water partition coefficient (Wildman–Crippen LogP) is 9.50. The summed E-state index contributed by atoms with van der Waals surface area (Å²) in [5.74, 6) is 0.615. The van der Waals surface area contributed by atoms with Crippen LogP contribution in [0, 0.1) is 0 Å². The van der Waals surface area contributed by atoms with Gasteiger partial charge in [-0.25, -0.2) is 4.98 Å². The lowest BCUT2D eigenvalue weighted by atomic mass is 9.98. The molecule has 8 aromatic rings. The van der Waals surface area contributed by atoms with Gasteiger partial charge in [-0.15, -0.1) is 0 Å². The number of furan rings is 1. The van der Waals surface area contributed by atoms with Gasteiger partial charge in [-0.3, -0.25) is 9.97 Å². The third-order valence-electron chi connectivity index (χ3n) is 7.62. The number of hydrogen-bond acceptors (Lipinski definition) is 5. The number of rotatable bonds is 5. The van der Waals surface area contributed by atoms with Gasteiger partial charge >= 0.3 is 0 Å². The summed E-state index contributed by atoms with van der Waals surface area (Å²) in [6, 6.07) is 45.1. The van der Waals surface area contributed by atoms with Crippen molar-refractivity contribution in [1.82, 2.24) is 19.9 Å². The number of aromatic nitrogens is 4. The minimum Gasteiger partial charge on any atom is -0.438 e. The fourth-order valence-electron chi connectivity index (χ4n) is 5.60. The second kappa shape index (κ2) is 10.5. The molecule has 0 aliphatic heterocycles. The molecular formula is C38H24N4O.